The lowest BCUT2D eigenvalue weighted by Gasteiger charge is -2.39. The van der Waals surface area contributed by atoms with Crippen LogP contribution in [0.15, 0.2) is 48.5 Å². The van der Waals surface area contributed by atoms with Crippen LogP contribution in [0.2, 0.25) is 0 Å². The van der Waals surface area contributed by atoms with E-state index in [0.29, 0.717) is 38.0 Å². The van der Waals surface area contributed by atoms with Crippen LogP contribution in [0.1, 0.15) is 49.0 Å². The number of methoxy groups -OCH3 is 1. The minimum atomic E-state index is -0.727. The number of hydrogen-bond acceptors (Lipinski definition) is 5. The molecule has 2 saturated heterocycles. The van der Waals surface area contributed by atoms with Crippen molar-refractivity contribution >= 4 is 17.6 Å². The van der Waals surface area contributed by atoms with Gasteiger partial charge in [0, 0.05) is 44.3 Å². The second kappa shape index (κ2) is 14.5. The Kier molecular flexibility index (Phi) is 10.8. The van der Waals surface area contributed by atoms with E-state index < -0.39 is 5.91 Å². The number of piperidine rings is 1. The van der Waals surface area contributed by atoms with Crippen LogP contribution in [0.5, 0.6) is 5.75 Å². The molecule has 0 spiro atoms. The van der Waals surface area contributed by atoms with Crippen molar-refractivity contribution in [3.05, 3.63) is 59.7 Å². The summed E-state index contributed by atoms with van der Waals surface area (Å²) in [5.41, 5.74) is 1.33. The molecule has 1 atom stereocenters. The minimum absolute atomic E-state index is 0.111. The summed E-state index contributed by atoms with van der Waals surface area (Å²) in [6.45, 7) is 10.5. The van der Waals surface area contributed by atoms with Gasteiger partial charge in [0.25, 0.3) is 5.91 Å². The number of likely N-dealkylation sites (tertiary alicyclic amines) is 1. The zero-order valence-corrected chi connectivity index (χ0v) is 24.1. The lowest BCUT2D eigenvalue weighted by Crippen LogP contribution is -2.51. The number of halogens is 1. The number of urea groups is 1. The number of carbonyl (C=O) groups is 2. The monoisotopic (exact) mass is 554 g/mol. The molecule has 2 fully saturated rings. The van der Waals surface area contributed by atoms with Gasteiger partial charge in [-0.15, -0.1) is 5.12 Å². The van der Waals surface area contributed by atoms with Crippen molar-refractivity contribution in [2.24, 2.45) is 5.92 Å². The largest absolute Gasteiger partial charge is 0.494 e. The highest BCUT2D eigenvalue weighted by Gasteiger charge is 2.29. The first-order valence-electron chi connectivity index (χ1n) is 14.5. The first-order chi connectivity index (χ1) is 19.4. The molecular weight excluding hydrogens is 511 g/mol. The lowest BCUT2D eigenvalue weighted by atomic mass is 9.95. The summed E-state index contributed by atoms with van der Waals surface area (Å²) in [6, 6.07) is 14.2. The standard InChI is InChI=1S/C31H43FN4O4/c1-4-14-35(23-25-12-15-33(16-13-25)31(38)34-17-19-40-20-18-34)24(2)21-26-10-11-29(39-3)28(22-26)36(32)30(37)27-8-6-5-7-9-27/h5-11,22,24-25H,4,12-21,23H2,1-3H3/t24-/m0/s1. The Morgan fingerprint density at radius 3 is 2.38 bits per heavy atom. The molecule has 3 amide bonds. The number of rotatable bonds is 10. The van der Waals surface area contributed by atoms with Crippen LogP contribution in [0.4, 0.5) is 15.0 Å². The molecule has 0 unspecified atom stereocenters. The molecule has 0 aromatic heterocycles. The van der Waals surface area contributed by atoms with Gasteiger partial charge in [-0.2, -0.15) is 0 Å². The second-order valence-electron chi connectivity index (χ2n) is 10.8. The van der Waals surface area contributed by atoms with Gasteiger partial charge >= 0.3 is 6.03 Å². The minimum Gasteiger partial charge on any atom is -0.494 e. The van der Waals surface area contributed by atoms with Gasteiger partial charge in [0.2, 0.25) is 0 Å². The molecule has 2 aromatic rings. The summed E-state index contributed by atoms with van der Waals surface area (Å²) in [5.74, 6) is 0.112. The Labute approximate surface area is 237 Å². The SMILES string of the molecule is CCCN(CC1CCN(C(=O)N2CCOCC2)CC1)[C@@H](C)Cc1ccc(OC)c(N(F)C(=O)c2ccccc2)c1. The predicted octanol–water partition coefficient (Wildman–Crippen LogP) is 5.03. The Morgan fingerprint density at radius 1 is 1.05 bits per heavy atom. The van der Waals surface area contributed by atoms with Crippen LogP contribution in [-0.2, 0) is 11.2 Å². The zero-order valence-electron chi connectivity index (χ0n) is 24.1. The summed E-state index contributed by atoms with van der Waals surface area (Å²) in [6.07, 6.45) is 3.75. The maximum Gasteiger partial charge on any atom is 0.320 e. The molecule has 2 aromatic carbocycles. The van der Waals surface area contributed by atoms with Crippen LogP contribution < -0.4 is 9.86 Å². The van der Waals surface area contributed by atoms with E-state index in [1.807, 2.05) is 15.9 Å². The van der Waals surface area contributed by atoms with Gasteiger partial charge in [-0.05, 0) is 74.9 Å². The third-order valence-corrected chi connectivity index (χ3v) is 7.98. The van der Waals surface area contributed by atoms with E-state index in [9.17, 15) is 9.59 Å². The number of ether oxygens (including phenoxy) is 2. The highest BCUT2D eigenvalue weighted by atomic mass is 19.2. The Bertz CT molecular complexity index is 1100. The molecule has 2 aliphatic heterocycles. The zero-order chi connectivity index (χ0) is 28.5. The topological polar surface area (TPSA) is 65.6 Å². The van der Waals surface area contributed by atoms with Crippen LogP contribution in [0.3, 0.4) is 0 Å². The van der Waals surface area contributed by atoms with E-state index in [2.05, 4.69) is 18.7 Å². The quantitative estimate of drug-likeness (QED) is 0.386. The van der Waals surface area contributed by atoms with E-state index in [1.54, 1.807) is 42.5 Å². The third kappa shape index (κ3) is 7.52. The molecule has 8 nitrogen and oxygen atoms in total. The van der Waals surface area contributed by atoms with E-state index in [0.717, 1.165) is 57.4 Å². The molecule has 0 radical (unpaired) electrons. The fourth-order valence-electron chi connectivity index (χ4n) is 5.66. The maximum absolute atomic E-state index is 15.3. The second-order valence-corrected chi connectivity index (χ2v) is 10.8. The van der Waals surface area contributed by atoms with Crippen LogP contribution in [0, 0.1) is 5.92 Å². The predicted molar refractivity (Wildman–Crippen MR) is 154 cm³/mol. The molecule has 40 heavy (non-hydrogen) atoms. The molecule has 218 valence electrons. The Hall–Kier alpha value is -3.17. The van der Waals surface area contributed by atoms with Gasteiger partial charge in [-0.1, -0.05) is 35.7 Å². The van der Waals surface area contributed by atoms with Crippen molar-refractivity contribution in [1.29, 1.82) is 0 Å². The molecule has 0 N–H and O–H groups in total. The number of amides is 3. The molecule has 2 heterocycles. The fraction of sp³-hybridized carbons (Fsp3) is 0.548. The average molecular weight is 555 g/mol. The van der Waals surface area contributed by atoms with E-state index in [-0.39, 0.29) is 28.4 Å². The van der Waals surface area contributed by atoms with E-state index in [1.165, 1.54) is 7.11 Å². The number of morpholine rings is 1. The van der Waals surface area contributed by atoms with Crippen LogP contribution in [-0.4, -0.2) is 92.3 Å². The summed E-state index contributed by atoms with van der Waals surface area (Å²) in [7, 11) is 1.48. The highest BCUT2D eigenvalue weighted by Crippen LogP contribution is 2.32. The summed E-state index contributed by atoms with van der Waals surface area (Å²) in [5, 5.41) is 0.179. The van der Waals surface area contributed by atoms with Crippen molar-refractivity contribution in [3.63, 3.8) is 0 Å². The maximum atomic E-state index is 15.3. The summed E-state index contributed by atoms with van der Waals surface area (Å²) < 4.78 is 26.1. The highest BCUT2D eigenvalue weighted by molar-refractivity contribution is 6.05. The molecule has 4 rings (SSSR count). The first kappa shape index (κ1) is 29.8. The van der Waals surface area contributed by atoms with Crippen molar-refractivity contribution in [2.75, 3.05) is 64.7 Å². The third-order valence-electron chi connectivity index (χ3n) is 7.98. The van der Waals surface area contributed by atoms with Crippen molar-refractivity contribution in [2.45, 2.75) is 45.6 Å². The van der Waals surface area contributed by atoms with E-state index >= 15 is 4.48 Å². The van der Waals surface area contributed by atoms with Crippen molar-refractivity contribution in [1.82, 2.24) is 14.7 Å². The van der Waals surface area contributed by atoms with Crippen LogP contribution >= 0.6 is 0 Å². The smallest absolute Gasteiger partial charge is 0.320 e. The van der Waals surface area contributed by atoms with Gasteiger partial charge in [0.1, 0.15) is 11.4 Å². The normalized spacial score (nSPS) is 17.1. The van der Waals surface area contributed by atoms with Gasteiger partial charge in [-0.25, -0.2) is 4.79 Å². The summed E-state index contributed by atoms with van der Waals surface area (Å²) in [4.78, 5) is 32.0. The molecule has 0 bridgehead atoms. The van der Waals surface area contributed by atoms with Gasteiger partial charge in [0.05, 0.1) is 20.3 Å². The molecule has 2 aliphatic rings. The molecule has 0 saturated carbocycles. The Balaban J connectivity index is 1.37. The van der Waals surface area contributed by atoms with Gasteiger partial charge in [0.15, 0.2) is 0 Å². The molecule has 9 heteroatoms. The summed E-state index contributed by atoms with van der Waals surface area (Å²) >= 11 is 0. The number of anilines is 1. The van der Waals surface area contributed by atoms with Crippen molar-refractivity contribution in [3.8, 4) is 5.75 Å². The number of carbonyl (C=O) groups excluding carboxylic acids is 2. The first-order valence-corrected chi connectivity index (χ1v) is 14.5. The molecule has 0 aliphatic carbocycles. The van der Waals surface area contributed by atoms with Gasteiger partial charge in [-0.3, -0.25) is 4.79 Å². The number of nitrogens with zero attached hydrogens (tertiary/aromatic N) is 4. The van der Waals surface area contributed by atoms with Crippen LogP contribution in [0.25, 0.3) is 0 Å². The van der Waals surface area contributed by atoms with E-state index in [4.69, 9.17) is 9.47 Å². The van der Waals surface area contributed by atoms with Gasteiger partial charge < -0.3 is 24.2 Å². The average Bonchev–Trinajstić information content (AvgIpc) is 3.01. The van der Waals surface area contributed by atoms with Crippen molar-refractivity contribution < 1.29 is 23.5 Å². The lowest BCUT2D eigenvalue weighted by molar-refractivity contribution is 0.0386. The number of benzene rings is 2. The fourth-order valence-corrected chi connectivity index (χ4v) is 5.66. The molecular formula is C31H43FN4O4. The Morgan fingerprint density at radius 2 is 1.73 bits per heavy atom. The number of hydrogen-bond donors (Lipinski definition) is 0.